The molecule has 1 unspecified atom stereocenters. The molecule has 1 atom stereocenters. The molecule has 0 amide bonds. The van der Waals surface area contributed by atoms with Gasteiger partial charge in [0.25, 0.3) is 0 Å². The first-order chi connectivity index (χ1) is 10.0. The second-order valence-corrected chi connectivity index (χ2v) is 6.20. The number of rotatable bonds is 3. The van der Waals surface area contributed by atoms with Crippen molar-refractivity contribution >= 4 is 5.82 Å². The highest BCUT2D eigenvalue weighted by molar-refractivity contribution is 5.41. The Balaban J connectivity index is 1.87. The van der Waals surface area contributed by atoms with E-state index in [4.69, 9.17) is 0 Å². The summed E-state index contributed by atoms with van der Waals surface area (Å²) < 4.78 is 1.91. The SMILES string of the molecule is Cc1cc(NC2CCCc3nn(C)cc32)nc(C(C)C)n1. The maximum absolute atomic E-state index is 4.66. The Labute approximate surface area is 125 Å². The lowest BCUT2D eigenvalue weighted by Crippen LogP contribution is -2.18. The standard InChI is InChI=1S/C16H23N5/c1-10(2)16-17-11(3)8-15(19-16)18-13-6-5-7-14-12(13)9-21(4)20-14/h8-10,13H,5-7H2,1-4H3,(H,17,18,19). The summed E-state index contributed by atoms with van der Waals surface area (Å²) in [5.74, 6) is 2.17. The molecule has 5 heteroatoms. The lowest BCUT2D eigenvalue weighted by atomic mass is 9.93. The van der Waals surface area contributed by atoms with Crippen LogP contribution in [0.25, 0.3) is 0 Å². The molecule has 0 saturated carbocycles. The summed E-state index contributed by atoms with van der Waals surface area (Å²) >= 11 is 0. The van der Waals surface area contributed by atoms with E-state index >= 15 is 0 Å². The number of fused-ring (bicyclic) bond motifs is 1. The number of hydrogen-bond donors (Lipinski definition) is 1. The van der Waals surface area contributed by atoms with E-state index in [1.165, 1.54) is 17.7 Å². The summed E-state index contributed by atoms with van der Waals surface area (Å²) in [7, 11) is 1.99. The van der Waals surface area contributed by atoms with E-state index in [2.05, 4.69) is 40.4 Å². The zero-order chi connectivity index (χ0) is 15.0. The zero-order valence-electron chi connectivity index (χ0n) is 13.2. The van der Waals surface area contributed by atoms with Crippen LogP contribution < -0.4 is 5.32 Å². The second-order valence-electron chi connectivity index (χ2n) is 6.20. The molecule has 2 heterocycles. The van der Waals surface area contributed by atoms with Crippen molar-refractivity contribution in [2.24, 2.45) is 7.05 Å². The number of nitrogens with zero attached hydrogens (tertiary/aromatic N) is 4. The van der Waals surface area contributed by atoms with Crippen LogP contribution in [-0.4, -0.2) is 19.7 Å². The van der Waals surface area contributed by atoms with Gasteiger partial charge in [-0.25, -0.2) is 9.97 Å². The summed E-state index contributed by atoms with van der Waals surface area (Å²) in [5.41, 5.74) is 3.54. The minimum Gasteiger partial charge on any atom is -0.363 e. The van der Waals surface area contributed by atoms with Gasteiger partial charge in [-0.2, -0.15) is 5.10 Å². The van der Waals surface area contributed by atoms with Crippen molar-refractivity contribution in [3.8, 4) is 0 Å². The first-order valence-corrected chi connectivity index (χ1v) is 7.67. The van der Waals surface area contributed by atoms with Gasteiger partial charge in [0.1, 0.15) is 11.6 Å². The van der Waals surface area contributed by atoms with E-state index < -0.39 is 0 Å². The predicted molar refractivity (Wildman–Crippen MR) is 83.4 cm³/mol. The van der Waals surface area contributed by atoms with Crippen LogP contribution in [0.4, 0.5) is 5.82 Å². The molecule has 2 aromatic heterocycles. The van der Waals surface area contributed by atoms with E-state index in [-0.39, 0.29) is 0 Å². The lowest BCUT2D eigenvalue weighted by molar-refractivity contribution is 0.590. The second kappa shape index (κ2) is 5.47. The minimum atomic E-state index is 0.303. The highest BCUT2D eigenvalue weighted by atomic mass is 15.3. The van der Waals surface area contributed by atoms with Gasteiger partial charge < -0.3 is 5.32 Å². The maximum Gasteiger partial charge on any atom is 0.133 e. The Bertz CT molecular complexity index is 644. The third-order valence-corrected chi connectivity index (χ3v) is 3.93. The third-order valence-electron chi connectivity index (χ3n) is 3.93. The zero-order valence-corrected chi connectivity index (χ0v) is 13.2. The maximum atomic E-state index is 4.66. The molecule has 0 radical (unpaired) electrons. The largest absolute Gasteiger partial charge is 0.363 e. The Morgan fingerprint density at radius 2 is 2.14 bits per heavy atom. The highest BCUT2D eigenvalue weighted by Gasteiger charge is 2.23. The molecule has 2 aromatic rings. The molecule has 1 aliphatic carbocycles. The van der Waals surface area contributed by atoms with E-state index in [1.54, 1.807) is 0 Å². The number of nitrogens with one attached hydrogen (secondary N) is 1. The molecule has 3 rings (SSSR count). The molecular weight excluding hydrogens is 262 g/mol. The Hall–Kier alpha value is -1.91. The molecule has 112 valence electrons. The van der Waals surface area contributed by atoms with Gasteiger partial charge in [0.2, 0.25) is 0 Å². The predicted octanol–water partition coefficient (Wildman–Crippen LogP) is 3.13. The van der Waals surface area contributed by atoms with Crippen molar-refractivity contribution in [1.82, 2.24) is 19.7 Å². The van der Waals surface area contributed by atoms with Crippen LogP contribution >= 0.6 is 0 Å². The number of aryl methyl sites for hydroxylation is 3. The quantitative estimate of drug-likeness (QED) is 0.941. The van der Waals surface area contributed by atoms with Gasteiger partial charge in [-0.15, -0.1) is 0 Å². The van der Waals surface area contributed by atoms with Crippen LogP contribution in [0.15, 0.2) is 12.3 Å². The molecule has 5 nitrogen and oxygen atoms in total. The fourth-order valence-electron chi connectivity index (χ4n) is 2.92. The van der Waals surface area contributed by atoms with Gasteiger partial charge >= 0.3 is 0 Å². The van der Waals surface area contributed by atoms with Crippen molar-refractivity contribution < 1.29 is 0 Å². The molecule has 0 bridgehead atoms. The van der Waals surface area contributed by atoms with E-state index in [0.717, 1.165) is 30.2 Å². The van der Waals surface area contributed by atoms with Crippen molar-refractivity contribution in [3.63, 3.8) is 0 Å². The van der Waals surface area contributed by atoms with Crippen LogP contribution in [0.3, 0.4) is 0 Å². The molecule has 0 saturated heterocycles. The van der Waals surface area contributed by atoms with Crippen molar-refractivity contribution in [3.05, 3.63) is 35.0 Å². The minimum absolute atomic E-state index is 0.303. The average molecular weight is 285 g/mol. The number of anilines is 1. The summed E-state index contributed by atoms with van der Waals surface area (Å²) in [6.45, 7) is 6.27. The monoisotopic (exact) mass is 285 g/mol. The number of hydrogen-bond acceptors (Lipinski definition) is 4. The summed E-state index contributed by atoms with van der Waals surface area (Å²) in [6.07, 6.45) is 5.50. The van der Waals surface area contributed by atoms with Crippen molar-refractivity contribution in [2.75, 3.05) is 5.32 Å². The van der Waals surface area contributed by atoms with Crippen LogP contribution in [0, 0.1) is 6.92 Å². The lowest BCUT2D eigenvalue weighted by Gasteiger charge is -2.23. The summed E-state index contributed by atoms with van der Waals surface area (Å²) in [5, 5.41) is 8.13. The Morgan fingerprint density at radius 1 is 1.33 bits per heavy atom. The van der Waals surface area contributed by atoms with E-state index in [0.29, 0.717) is 12.0 Å². The molecule has 1 N–H and O–H groups in total. The van der Waals surface area contributed by atoms with Gasteiger partial charge in [0.05, 0.1) is 11.7 Å². The smallest absolute Gasteiger partial charge is 0.133 e. The average Bonchev–Trinajstić information content (AvgIpc) is 2.79. The van der Waals surface area contributed by atoms with Crippen molar-refractivity contribution in [2.45, 2.75) is 52.0 Å². The fraction of sp³-hybridized carbons (Fsp3) is 0.562. The fourth-order valence-corrected chi connectivity index (χ4v) is 2.92. The van der Waals surface area contributed by atoms with Crippen LogP contribution in [0.5, 0.6) is 0 Å². The van der Waals surface area contributed by atoms with Gasteiger partial charge in [0, 0.05) is 36.5 Å². The van der Waals surface area contributed by atoms with Crippen LogP contribution in [0.1, 0.15) is 61.4 Å². The summed E-state index contributed by atoms with van der Waals surface area (Å²) in [4.78, 5) is 9.16. The first-order valence-electron chi connectivity index (χ1n) is 7.67. The molecule has 0 aliphatic heterocycles. The molecule has 21 heavy (non-hydrogen) atoms. The normalized spacial score (nSPS) is 17.9. The third kappa shape index (κ3) is 2.91. The van der Waals surface area contributed by atoms with Gasteiger partial charge in [-0.3, -0.25) is 4.68 Å². The van der Waals surface area contributed by atoms with Crippen LogP contribution in [-0.2, 0) is 13.5 Å². The highest BCUT2D eigenvalue weighted by Crippen LogP contribution is 2.31. The van der Waals surface area contributed by atoms with E-state index in [9.17, 15) is 0 Å². The summed E-state index contributed by atoms with van der Waals surface area (Å²) in [6, 6.07) is 2.33. The number of aromatic nitrogens is 4. The van der Waals surface area contributed by atoms with Gasteiger partial charge in [-0.05, 0) is 26.2 Å². The molecule has 0 aromatic carbocycles. The van der Waals surface area contributed by atoms with Crippen molar-refractivity contribution in [1.29, 1.82) is 0 Å². The first kappa shape index (κ1) is 14.0. The Morgan fingerprint density at radius 3 is 2.90 bits per heavy atom. The molecule has 0 fully saturated rings. The Kier molecular flexibility index (Phi) is 3.66. The molecule has 1 aliphatic rings. The van der Waals surface area contributed by atoms with Crippen LogP contribution in [0.2, 0.25) is 0 Å². The van der Waals surface area contributed by atoms with Gasteiger partial charge in [0.15, 0.2) is 0 Å². The molecule has 0 spiro atoms. The van der Waals surface area contributed by atoms with E-state index in [1.807, 2.05) is 24.7 Å². The van der Waals surface area contributed by atoms with Gasteiger partial charge in [-0.1, -0.05) is 13.8 Å². The molecular formula is C16H23N5. The topological polar surface area (TPSA) is 55.6 Å².